The lowest BCUT2D eigenvalue weighted by Crippen LogP contribution is -2.46. The lowest BCUT2D eigenvalue weighted by atomic mass is 9.94. The van der Waals surface area contributed by atoms with E-state index in [-0.39, 0.29) is 11.3 Å². The van der Waals surface area contributed by atoms with Crippen LogP contribution in [-0.2, 0) is 16.6 Å². The van der Waals surface area contributed by atoms with Crippen LogP contribution >= 0.6 is 0 Å². The van der Waals surface area contributed by atoms with Gasteiger partial charge in [0.05, 0.1) is 12.2 Å². The van der Waals surface area contributed by atoms with Gasteiger partial charge in [0, 0.05) is 44.0 Å². The van der Waals surface area contributed by atoms with E-state index in [2.05, 4.69) is 34.1 Å². The Morgan fingerprint density at radius 3 is 2.21 bits per heavy atom. The monoisotopic (exact) mass is 597 g/mol. The molecule has 4 aromatic rings. The third-order valence-electron chi connectivity index (χ3n) is 7.33. The average Bonchev–Trinajstić information content (AvgIpc) is 2.96. The second-order valence-electron chi connectivity index (χ2n) is 10.3. The summed E-state index contributed by atoms with van der Waals surface area (Å²) in [6, 6.07) is 26.1. The van der Waals surface area contributed by atoms with Gasteiger partial charge in [-0.15, -0.1) is 0 Å². The van der Waals surface area contributed by atoms with Crippen molar-refractivity contribution in [2.45, 2.75) is 19.1 Å². The van der Waals surface area contributed by atoms with E-state index in [4.69, 9.17) is 0 Å². The fraction of sp³-hybridized carbons (Fsp3) is 0.258. The zero-order valence-electron chi connectivity index (χ0n) is 22.6. The minimum Gasteiger partial charge on any atom is -0.508 e. The molecule has 11 heteroatoms. The Hall–Kier alpha value is -4.09. The maximum Gasteiger partial charge on any atom is 0.390 e. The molecule has 2 N–H and O–H groups in total. The summed E-state index contributed by atoms with van der Waals surface area (Å²) < 4.78 is 62.5. The maximum atomic E-state index is 12.4. The highest BCUT2D eigenvalue weighted by Crippen LogP contribution is 2.33. The summed E-state index contributed by atoms with van der Waals surface area (Å²) in [6.07, 6.45) is -6.16. The fourth-order valence-corrected chi connectivity index (χ4v) is 6.16. The third kappa shape index (κ3) is 7.21. The van der Waals surface area contributed by atoms with Gasteiger partial charge in [0.15, 0.2) is 0 Å². The van der Waals surface area contributed by atoms with Crippen molar-refractivity contribution in [2.75, 3.05) is 36.8 Å². The van der Waals surface area contributed by atoms with Crippen LogP contribution in [0.15, 0.2) is 84.9 Å². The number of benzene rings is 4. The number of alkyl halides is 3. The van der Waals surface area contributed by atoms with Gasteiger partial charge >= 0.3 is 6.18 Å². The van der Waals surface area contributed by atoms with E-state index in [0.717, 1.165) is 60.3 Å². The summed E-state index contributed by atoms with van der Waals surface area (Å²) >= 11 is 0. The smallest absolute Gasteiger partial charge is 0.390 e. The van der Waals surface area contributed by atoms with Crippen molar-refractivity contribution in [3.8, 4) is 16.9 Å². The largest absolute Gasteiger partial charge is 0.508 e. The van der Waals surface area contributed by atoms with Crippen molar-refractivity contribution in [3.63, 3.8) is 0 Å². The van der Waals surface area contributed by atoms with Gasteiger partial charge in [-0.3, -0.25) is 9.69 Å². The summed E-state index contributed by atoms with van der Waals surface area (Å²) in [4.78, 5) is 16.8. The molecule has 1 amide bonds. The Morgan fingerprint density at radius 1 is 0.857 bits per heavy atom. The second-order valence-corrected chi connectivity index (χ2v) is 12.1. The predicted molar refractivity (Wildman–Crippen MR) is 157 cm³/mol. The highest BCUT2D eigenvalue weighted by Gasteiger charge is 2.30. The lowest BCUT2D eigenvalue weighted by Gasteiger charge is -2.36. The quantitative estimate of drug-likeness (QED) is 0.277. The van der Waals surface area contributed by atoms with Crippen LogP contribution in [0.4, 0.5) is 18.9 Å². The first-order chi connectivity index (χ1) is 20.0. The number of carbonyl (C=O) groups excluding carboxylic acids is 1. The standard InChI is InChI=1S/C31H30F3N3O4S/c32-31(33,34)14-19-42(40,41)35-30(39)22-8-11-25(12-9-22)37-17-15-36(16-18-37)21-24-10-13-28(23-4-3-5-26(38)20-23)29-7-2-1-6-27(24)29/h1-13,20,38H,14-19,21H2,(H,35,39). The number of carbonyl (C=O) groups is 1. The van der Waals surface area contributed by atoms with Crippen molar-refractivity contribution in [2.24, 2.45) is 0 Å². The highest BCUT2D eigenvalue weighted by molar-refractivity contribution is 7.90. The molecule has 0 bridgehead atoms. The Balaban J connectivity index is 1.20. The van der Waals surface area contributed by atoms with E-state index in [1.807, 2.05) is 24.3 Å². The number of hydrogen-bond donors (Lipinski definition) is 2. The number of piperazine rings is 1. The Morgan fingerprint density at radius 2 is 1.55 bits per heavy atom. The molecular weight excluding hydrogens is 567 g/mol. The molecule has 1 aliphatic rings. The van der Waals surface area contributed by atoms with Crippen LogP contribution in [0.3, 0.4) is 0 Å². The molecule has 0 aromatic heterocycles. The van der Waals surface area contributed by atoms with Gasteiger partial charge in [0.1, 0.15) is 5.75 Å². The summed E-state index contributed by atoms with van der Waals surface area (Å²) in [5.74, 6) is -1.94. The molecule has 5 rings (SSSR count). The number of aromatic hydroxyl groups is 1. The molecule has 0 atom stereocenters. The van der Waals surface area contributed by atoms with Gasteiger partial charge in [-0.25, -0.2) is 13.1 Å². The zero-order valence-corrected chi connectivity index (χ0v) is 23.5. The van der Waals surface area contributed by atoms with Crippen molar-refractivity contribution < 1.29 is 31.5 Å². The average molecular weight is 598 g/mol. The normalized spacial score (nSPS) is 14.7. The number of halogens is 3. The number of amides is 1. The van der Waals surface area contributed by atoms with E-state index in [0.29, 0.717) is 0 Å². The number of rotatable bonds is 8. The number of hydrogen-bond acceptors (Lipinski definition) is 6. The highest BCUT2D eigenvalue weighted by atomic mass is 32.2. The van der Waals surface area contributed by atoms with Gasteiger partial charge in [-0.1, -0.05) is 48.5 Å². The molecular formula is C31H30F3N3O4S. The van der Waals surface area contributed by atoms with Crippen LogP contribution in [-0.4, -0.2) is 62.4 Å². The van der Waals surface area contributed by atoms with Crippen LogP contribution in [0.5, 0.6) is 5.75 Å². The minimum atomic E-state index is -4.63. The molecule has 1 saturated heterocycles. The molecule has 220 valence electrons. The Bertz CT molecular complexity index is 1680. The van der Waals surface area contributed by atoms with Crippen molar-refractivity contribution in [1.29, 1.82) is 0 Å². The van der Waals surface area contributed by atoms with Gasteiger partial charge in [0.2, 0.25) is 10.0 Å². The summed E-state index contributed by atoms with van der Waals surface area (Å²) in [6.45, 7) is 3.88. The SMILES string of the molecule is O=C(NS(=O)(=O)CCC(F)(F)F)c1ccc(N2CCN(Cc3ccc(-c4cccc(O)c4)c4ccccc34)CC2)cc1. The summed E-state index contributed by atoms with van der Waals surface area (Å²) in [5, 5.41) is 12.2. The minimum absolute atomic E-state index is 0.0500. The van der Waals surface area contributed by atoms with Crippen LogP contribution in [0.2, 0.25) is 0 Å². The molecule has 0 spiro atoms. The first-order valence-corrected chi connectivity index (χ1v) is 15.1. The van der Waals surface area contributed by atoms with E-state index in [1.165, 1.54) is 17.7 Å². The first-order valence-electron chi connectivity index (χ1n) is 13.5. The number of phenolic OH excluding ortho intramolecular Hbond substituents is 1. The van der Waals surface area contributed by atoms with Gasteiger partial charge in [-0.2, -0.15) is 13.2 Å². The number of fused-ring (bicyclic) bond motifs is 1. The van der Waals surface area contributed by atoms with Gasteiger partial charge in [-0.05, 0) is 63.9 Å². The van der Waals surface area contributed by atoms with E-state index < -0.39 is 34.3 Å². The molecule has 1 aliphatic heterocycles. The number of nitrogens with zero attached hydrogens (tertiary/aromatic N) is 2. The molecule has 0 saturated carbocycles. The predicted octanol–water partition coefficient (Wildman–Crippen LogP) is 5.55. The molecule has 42 heavy (non-hydrogen) atoms. The van der Waals surface area contributed by atoms with Gasteiger partial charge in [0.25, 0.3) is 5.91 Å². The number of phenols is 1. The van der Waals surface area contributed by atoms with Crippen molar-refractivity contribution >= 4 is 32.4 Å². The van der Waals surface area contributed by atoms with E-state index in [9.17, 15) is 31.5 Å². The molecule has 0 aliphatic carbocycles. The molecule has 7 nitrogen and oxygen atoms in total. The number of nitrogens with one attached hydrogen (secondary N) is 1. The number of anilines is 1. The zero-order chi connectivity index (χ0) is 29.9. The number of sulfonamides is 1. The first kappa shape index (κ1) is 29.4. The molecule has 0 radical (unpaired) electrons. The van der Waals surface area contributed by atoms with Crippen LogP contribution in [0.1, 0.15) is 22.3 Å². The van der Waals surface area contributed by atoms with Crippen LogP contribution in [0, 0.1) is 0 Å². The van der Waals surface area contributed by atoms with E-state index in [1.54, 1.807) is 29.0 Å². The maximum absolute atomic E-state index is 12.4. The molecule has 0 unspecified atom stereocenters. The van der Waals surface area contributed by atoms with Crippen LogP contribution < -0.4 is 9.62 Å². The Labute approximate surface area is 242 Å². The topological polar surface area (TPSA) is 90.0 Å². The summed E-state index contributed by atoms with van der Waals surface area (Å²) in [7, 11) is -4.40. The Kier molecular flexibility index (Phi) is 8.42. The molecule has 4 aromatic carbocycles. The van der Waals surface area contributed by atoms with Gasteiger partial charge < -0.3 is 10.0 Å². The van der Waals surface area contributed by atoms with Crippen LogP contribution in [0.25, 0.3) is 21.9 Å². The lowest BCUT2D eigenvalue weighted by molar-refractivity contribution is -0.130. The third-order valence-corrected chi connectivity index (χ3v) is 8.57. The van der Waals surface area contributed by atoms with Crippen molar-refractivity contribution in [1.82, 2.24) is 9.62 Å². The molecule has 1 heterocycles. The fourth-order valence-electron chi connectivity index (χ4n) is 5.15. The second kappa shape index (κ2) is 12.0. The summed E-state index contributed by atoms with van der Waals surface area (Å²) in [5.41, 5.74) is 4.15. The molecule has 1 fully saturated rings. The van der Waals surface area contributed by atoms with E-state index >= 15 is 0 Å². The van der Waals surface area contributed by atoms with Crippen molar-refractivity contribution in [3.05, 3.63) is 96.1 Å².